The van der Waals surface area contributed by atoms with Gasteiger partial charge in [0, 0.05) is 45.3 Å². The van der Waals surface area contributed by atoms with Crippen LogP contribution in [0.5, 0.6) is 0 Å². The molecule has 0 aromatic rings. The number of amides is 5. The molecule has 2 saturated heterocycles. The monoisotopic (exact) mass is 730 g/mol. The molecule has 0 saturated carbocycles. The lowest BCUT2D eigenvalue weighted by atomic mass is 10.1. The van der Waals surface area contributed by atoms with E-state index >= 15 is 0 Å². The van der Waals surface area contributed by atoms with Gasteiger partial charge in [-0.2, -0.15) is 0 Å². The number of hydrogen-bond donors (Lipinski definition) is 2. The first-order chi connectivity index (χ1) is 24.0. The Morgan fingerprint density at radius 1 is 0.804 bits per heavy atom. The van der Waals surface area contributed by atoms with Crippen molar-refractivity contribution in [1.29, 1.82) is 0 Å². The molecule has 51 heavy (non-hydrogen) atoms. The first-order valence-electron chi connectivity index (χ1n) is 17.2. The molecule has 0 aromatic heterocycles. The van der Waals surface area contributed by atoms with Gasteiger partial charge in [-0.25, -0.2) is 9.59 Å². The van der Waals surface area contributed by atoms with Gasteiger partial charge in [-0.1, -0.05) is 0 Å². The Labute approximate surface area is 298 Å². The van der Waals surface area contributed by atoms with E-state index in [4.69, 9.17) is 39.1 Å². The van der Waals surface area contributed by atoms with E-state index < -0.39 is 65.1 Å². The average molecular weight is 731 g/mol. The molecule has 18 heteroatoms. The second-order valence-electron chi connectivity index (χ2n) is 13.4. The van der Waals surface area contributed by atoms with Crippen LogP contribution in [-0.2, 0) is 66.9 Å². The van der Waals surface area contributed by atoms with Crippen LogP contribution in [0.4, 0.5) is 0 Å². The molecule has 2 rings (SSSR count). The molecule has 0 aromatic carbocycles. The van der Waals surface area contributed by atoms with Gasteiger partial charge in [0.05, 0.1) is 38.1 Å². The summed E-state index contributed by atoms with van der Waals surface area (Å²) in [5.41, 5.74) is 3.00. The highest BCUT2D eigenvalue weighted by Crippen LogP contribution is 2.20. The van der Waals surface area contributed by atoms with Crippen LogP contribution in [0.3, 0.4) is 0 Å². The summed E-state index contributed by atoms with van der Waals surface area (Å²) in [7, 11) is 0. The number of nitrogens with zero attached hydrogens (tertiary/aromatic N) is 2. The lowest BCUT2D eigenvalue weighted by Gasteiger charge is -2.31. The fraction of sp³-hybridized carbons (Fsp3) is 0.788. The van der Waals surface area contributed by atoms with Crippen molar-refractivity contribution in [3.05, 3.63) is 0 Å². The molecule has 2 aliphatic heterocycles. The Balaban J connectivity index is 1.89. The van der Waals surface area contributed by atoms with Crippen LogP contribution in [0.25, 0.3) is 0 Å². The van der Waals surface area contributed by atoms with Crippen LogP contribution in [0.2, 0.25) is 0 Å². The smallest absolute Gasteiger partial charge is 0.364 e. The van der Waals surface area contributed by atoms with Crippen LogP contribution in [-0.4, -0.2) is 127 Å². The van der Waals surface area contributed by atoms with Crippen molar-refractivity contribution < 1.29 is 66.9 Å². The maximum Gasteiger partial charge on any atom is 0.364 e. The number of carbonyl (C=O) groups excluding carboxylic acids is 7. The fourth-order valence-electron chi connectivity index (χ4n) is 4.44. The number of nitrogens with one attached hydrogen (secondary N) is 1. The standard InChI is InChI=1S/C33H54N4O14/c1-22(18-48-33(5,6)31(44)51-37-28(41)13-14-29(37)42)49-24(19-45-17-9-16-35-25(38)10-7-8-15-34)20-47-32(3,4)21-46-23(2)30(43)50-36-26(39)11-12-27(36)40/h22-24H,7-21,34H2,1-6H3,(H,35,38). The average Bonchev–Trinajstić information content (AvgIpc) is 3.56. The van der Waals surface area contributed by atoms with Crippen LogP contribution in [0.1, 0.15) is 92.9 Å². The molecular formula is C33H54N4O14. The lowest BCUT2D eigenvalue weighted by molar-refractivity contribution is -0.215. The molecular weight excluding hydrogens is 676 g/mol. The van der Waals surface area contributed by atoms with Crippen LogP contribution < -0.4 is 11.1 Å². The van der Waals surface area contributed by atoms with Gasteiger partial charge in [0.15, 0.2) is 11.7 Å². The van der Waals surface area contributed by atoms with Gasteiger partial charge in [-0.15, -0.1) is 10.1 Å². The Morgan fingerprint density at radius 3 is 1.98 bits per heavy atom. The molecule has 3 unspecified atom stereocenters. The number of hydroxylamine groups is 4. The Kier molecular flexibility index (Phi) is 18.0. The van der Waals surface area contributed by atoms with Gasteiger partial charge in [0.1, 0.15) is 6.10 Å². The molecule has 290 valence electrons. The first kappa shape index (κ1) is 43.6. The molecule has 0 aliphatic carbocycles. The predicted octanol–water partition coefficient (Wildman–Crippen LogP) is 0.622. The Morgan fingerprint density at radius 2 is 1.39 bits per heavy atom. The number of carbonyl (C=O) groups is 7. The minimum absolute atomic E-state index is 0.0127. The second-order valence-corrected chi connectivity index (χ2v) is 13.4. The minimum atomic E-state index is -1.52. The highest BCUT2D eigenvalue weighted by atomic mass is 16.7. The van der Waals surface area contributed by atoms with Crippen molar-refractivity contribution in [3.8, 4) is 0 Å². The van der Waals surface area contributed by atoms with Crippen LogP contribution in [0.15, 0.2) is 0 Å². The highest BCUT2D eigenvalue weighted by Gasteiger charge is 2.39. The number of rotatable bonds is 25. The van der Waals surface area contributed by atoms with Crippen molar-refractivity contribution >= 4 is 41.5 Å². The number of unbranched alkanes of at least 4 members (excludes halogenated alkanes) is 1. The Hall–Kier alpha value is -3.55. The molecule has 3 N–H and O–H groups in total. The van der Waals surface area contributed by atoms with Crippen LogP contribution in [0, 0.1) is 0 Å². The fourth-order valence-corrected chi connectivity index (χ4v) is 4.44. The molecule has 3 atom stereocenters. The SMILES string of the molecule is CC(COC(C)(C)C(=O)ON1C(=O)CCC1=O)OC(COCCCNC(=O)CCCCN)COC(C)(C)COC(C)C(=O)ON1C(=O)CCC1=O. The number of nitrogens with two attached hydrogens (primary N) is 1. The number of hydrogen-bond acceptors (Lipinski definition) is 15. The predicted molar refractivity (Wildman–Crippen MR) is 176 cm³/mol. The van der Waals surface area contributed by atoms with Crippen LogP contribution >= 0.6 is 0 Å². The van der Waals surface area contributed by atoms with Gasteiger partial charge in [-0.05, 0) is 67.3 Å². The van der Waals surface area contributed by atoms with Crippen molar-refractivity contribution in [2.75, 3.05) is 46.1 Å². The molecule has 0 bridgehead atoms. The summed E-state index contributed by atoms with van der Waals surface area (Å²) < 4.78 is 29.4. The second kappa shape index (κ2) is 21.1. The third-order valence-electron chi connectivity index (χ3n) is 7.58. The summed E-state index contributed by atoms with van der Waals surface area (Å²) in [6.07, 6.45) is -0.0136. The molecule has 18 nitrogen and oxygen atoms in total. The van der Waals surface area contributed by atoms with Gasteiger partial charge in [-0.3, -0.25) is 24.0 Å². The first-order valence-corrected chi connectivity index (χ1v) is 17.2. The number of ether oxygens (including phenoxy) is 5. The molecule has 5 amide bonds. The minimum Gasteiger partial charge on any atom is -0.379 e. The zero-order valence-electron chi connectivity index (χ0n) is 30.5. The van der Waals surface area contributed by atoms with Crippen molar-refractivity contribution in [3.63, 3.8) is 0 Å². The summed E-state index contributed by atoms with van der Waals surface area (Å²) >= 11 is 0. The summed E-state index contributed by atoms with van der Waals surface area (Å²) in [6, 6.07) is 0. The van der Waals surface area contributed by atoms with Crippen molar-refractivity contribution in [2.45, 2.75) is 122 Å². The zero-order chi connectivity index (χ0) is 38.2. The quantitative estimate of drug-likeness (QED) is 0.0969. The highest BCUT2D eigenvalue weighted by molar-refractivity contribution is 6.02. The van der Waals surface area contributed by atoms with E-state index in [0.717, 1.165) is 12.8 Å². The third kappa shape index (κ3) is 15.7. The third-order valence-corrected chi connectivity index (χ3v) is 7.58. The van der Waals surface area contributed by atoms with E-state index in [1.54, 1.807) is 20.8 Å². The summed E-state index contributed by atoms with van der Waals surface area (Å²) in [4.78, 5) is 94.1. The molecule has 0 spiro atoms. The van der Waals surface area contributed by atoms with E-state index in [9.17, 15) is 33.6 Å². The van der Waals surface area contributed by atoms with Gasteiger partial charge < -0.3 is 44.4 Å². The largest absolute Gasteiger partial charge is 0.379 e. The maximum absolute atomic E-state index is 12.7. The molecule has 2 aliphatic rings. The molecule has 2 heterocycles. The van der Waals surface area contributed by atoms with E-state index in [2.05, 4.69) is 5.32 Å². The Bertz CT molecular complexity index is 1190. The summed E-state index contributed by atoms with van der Waals surface area (Å²) in [6.45, 7) is 10.7. The summed E-state index contributed by atoms with van der Waals surface area (Å²) in [5.74, 6) is -4.29. The summed E-state index contributed by atoms with van der Waals surface area (Å²) in [5, 5.41) is 3.74. The zero-order valence-corrected chi connectivity index (χ0v) is 30.5. The number of imide groups is 2. The van der Waals surface area contributed by atoms with Gasteiger partial charge in [0.25, 0.3) is 23.6 Å². The van der Waals surface area contributed by atoms with Crippen molar-refractivity contribution in [1.82, 2.24) is 15.4 Å². The van der Waals surface area contributed by atoms with E-state index in [-0.39, 0.29) is 58.0 Å². The van der Waals surface area contributed by atoms with Gasteiger partial charge >= 0.3 is 11.9 Å². The van der Waals surface area contributed by atoms with Crippen molar-refractivity contribution in [2.24, 2.45) is 5.73 Å². The topological polar surface area (TPSA) is 229 Å². The van der Waals surface area contributed by atoms with E-state index in [1.807, 2.05) is 0 Å². The molecule has 2 fully saturated rings. The van der Waals surface area contributed by atoms with E-state index in [1.165, 1.54) is 20.8 Å². The normalized spacial score (nSPS) is 17.2. The molecule has 0 radical (unpaired) electrons. The maximum atomic E-state index is 12.7. The van der Waals surface area contributed by atoms with Gasteiger partial charge in [0.2, 0.25) is 5.91 Å². The lowest BCUT2D eigenvalue weighted by Crippen LogP contribution is -2.44. The van der Waals surface area contributed by atoms with E-state index in [0.29, 0.717) is 42.7 Å².